The van der Waals surface area contributed by atoms with Crippen molar-refractivity contribution in [3.63, 3.8) is 0 Å². The van der Waals surface area contributed by atoms with Gasteiger partial charge in [0.1, 0.15) is 5.69 Å². The van der Waals surface area contributed by atoms with Gasteiger partial charge in [-0.05, 0) is 35.4 Å². The lowest BCUT2D eigenvalue weighted by molar-refractivity contribution is -0.192. The maximum absolute atomic E-state index is 11.0. The predicted molar refractivity (Wildman–Crippen MR) is 108 cm³/mol. The fourth-order valence-corrected chi connectivity index (χ4v) is 3.23. The topological polar surface area (TPSA) is 116 Å². The highest BCUT2D eigenvalue weighted by atomic mass is 35.5. The van der Waals surface area contributed by atoms with Crippen molar-refractivity contribution in [2.24, 2.45) is 0 Å². The number of nitrogens with zero attached hydrogens (tertiary/aromatic N) is 2. The second kappa shape index (κ2) is 10.5. The minimum atomic E-state index is -5.08. The number of halogens is 5. The van der Waals surface area contributed by atoms with Gasteiger partial charge in [-0.3, -0.25) is 5.10 Å². The van der Waals surface area contributed by atoms with Crippen LogP contribution in [0.25, 0.3) is 11.1 Å². The van der Waals surface area contributed by atoms with Crippen molar-refractivity contribution >= 4 is 46.9 Å². The summed E-state index contributed by atoms with van der Waals surface area (Å²) in [5.74, 6) is -3.40. The van der Waals surface area contributed by atoms with Gasteiger partial charge in [-0.25, -0.2) is 9.59 Å². The van der Waals surface area contributed by atoms with E-state index >= 15 is 0 Å². The molecule has 13 heteroatoms. The first-order valence-electron chi connectivity index (χ1n) is 8.10. The molecular formula is C18H12Cl2F3N3O4S. The number of carboxylic acids is 2. The summed E-state index contributed by atoms with van der Waals surface area (Å²) in [4.78, 5) is 20.9. The Morgan fingerprint density at radius 1 is 1.00 bits per heavy atom. The normalized spacial score (nSPS) is 10.9. The number of aliphatic carboxylic acids is 1. The third-order valence-electron chi connectivity index (χ3n) is 3.56. The molecule has 0 aliphatic rings. The fourth-order valence-electron chi connectivity index (χ4n) is 2.09. The van der Waals surface area contributed by atoms with Gasteiger partial charge in [0.15, 0.2) is 5.69 Å². The van der Waals surface area contributed by atoms with Crippen molar-refractivity contribution in [1.82, 2.24) is 15.4 Å². The molecule has 0 atom stereocenters. The van der Waals surface area contributed by atoms with Crippen LogP contribution in [0.2, 0.25) is 10.0 Å². The van der Waals surface area contributed by atoms with Gasteiger partial charge in [-0.1, -0.05) is 46.6 Å². The lowest BCUT2D eigenvalue weighted by atomic mass is 10.1. The molecular weight excluding hydrogens is 482 g/mol. The zero-order valence-electron chi connectivity index (χ0n) is 15.2. The average molecular weight is 494 g/mol. The number of carbonyl (C=O) groups is 2. The van der Waals surface area contributed by atoms with E-state index in [-0.39, 0.29) is 5.69 Å². The van der Waals surface area contributed by atoms with Gasteiger partial charge in [-0.15, -0.1) is 16.9 Å². The summed E-state index contributed by atoms with van der Waals surface area (Å²) in [6, 6.07) is 13.4. The number of aromatic carboxylic acids is 1. The first-order chi connectivity index (χ1) is 14.5. The maximum Gasteiger partial charge on any atom is 0.490 e. The summed E-state index contributed by atoms with van der Waals surface area (Å²) in [6.07, 6.45) is -5.08. The molecule has 0 fully saturated rings. The van der Waals surface area contributed by atoms with Crippen molar-refractivity contribution in [1.29, 1.82) is 0 Å². The molecule has 1 aromatic heterocycles. The number of carboxylic acid groups (broad SMARTS) is 2. The van der Waals surface area contributed by atoms with Crippen LogP contribution in [0.5, 0.6) is 0 Å². The lowest BCUT2D eigenvalue weighted by Gasteiger charge is -2.05. The van der Waals surface area contributed by atoms with Crippen molar-refractivity contribution < 1.29 is 33.0 Å². The molecule has 0 spiro atoms. The molecule has 2 aromatic carbocycles. The molecule has 31 heavy (non-hydrogen) atoms. The van der Waals surface area contributed by atoms with Crippen LogP contribution in [0, 0.1) is 0 Å². The SMILES string of the molecule is O=C(O)C(F)(F)F.O=C(O)c1[nH]nnc1CSc1ccc(-c2ccc(Cl)c(Cl)c2)cc1. The Morgan fingerprint density at radius 3 is 2.10 bits per heavy atom. The van der Waals surface area contributed by atoms with Gasteiger partial charge in [0.2, 0.25) is 0 Å². The molecule has 3 N–H and O–H groups in total. The van der Waals surface area contributed by atoms with E-state index in [1.807, 2.05) is 36.4 Å². The first kappa shape index (κ1) is 24.5. The number of hydrogen-bond acceptors (Lipinski definition) is 5. The third kappa shape index (κ3) is 7.16. The van der Waals surface area contributed by atoms with E-state index in [9.17, 15) is 18.0 Å². The molecule has 0 aliphatic heterocycles. The quantitative estimate of drug-likeness (QED) is 0.407. The molecule has 3 aromatic rings. The number of aromatic nitrogens is 3. The Kier molecular flexibility index (Phi) is 8.31. The van der Waals surface area contributed by atoms with Crippen LogP contribution in [0.15, 0.2) is 47.4 Å². The van der Waals surface area contributed by atoms with E-state index in [0.717, 1.165) is 16.0 Å². The monoisotopic (exact) mass is 493 g/mol. The van der Waals surface area contributed by atoms with Crippen molar-refractivity contribution in [2.75, 3.05) is 0 Å². The molecule has 164 valence electrons. The Morgan fingerprint density at radius 2 is 1.58 bits per heavy atom. The van der Waals surface area contributed by atoms with E-state index in [1.54, 1.807) is 6.07 Å². The Hall–Kier alpha value is -2.76. The van der Waals surface area contributed by atoms with Crippen LogP contribution in [-0.4, -0.2) is 43.7 Å². The molecule has 0 aliphatic carbocycles. The molecule has 3 rings (SSSR count). The molecule has 0 radical (unpaired) electrons. The summed E-state index contributed by atoms with van der Waals surface area (Å²) in [6.45, 7) is 0. The Labute approximate surface area is 187 Å². The molecule has 0 unspecified atom stereocenters. The van der Waals surface area contributed by atoms with Crippen LogP contribution in [0.4, 0.5) is 13.2 Å². The summed E-state index contributed by atoms with van der Waals surface area (Å²) < 4.78 is 31.7. The zero-order valence-corrected chi connectivity index (χ0v) is 17.5. The van der Waals surface area contributed by atoms with Crippen LogP contribution in [0.3, 0.4) is 0 Å². The number of alkyl halides is 3. The van der Waals surface area contributed by atoms with Gasteiger partial charge >= 0.3 is 18.1 Å². The average Bonchev–Trinajstić information content (AvgIpc) is 3.18. The lowest BCUT2D eigenvalue weighted by Crippen LogP contribution is -2.21. The summed E-state index contributed by atoms with van der Waals surface area (Å²) >= 11 is 13.5. The minimum absolute atomic E-state index is 0.0231. The zero-order chi connectivity index (χ0) is 23.2. The van der Waals surface area contributed by atoms with Crippen molar-refractivity contribution in [3.05, 3.63) is 63.9 Å². The van der Waals surface area contributed by atoms with Crippen molar-refractivity contribution in [3.8, 4) is 11.1 Å². The fraction of sp³-hybridized carbons (Fsp3) is 0.111. The highest BCUT2D eigenvalue weighted by Crippen LogP contribution is 2.30. The first-order valence-corrected chi connectivity index (χ1v) is 9.84. The van der Waals surface area contributed by atoms with Crippen LogP contribution >= 0.6 is 35.0 Å². The van der Waals surface area contributed by atoms with Gasteiger partial charge in [0.05, 0.1) is 10.0 Å². The van der Waals surface area contributed by atoms with Crippen LogP contribution in [0.1, 0.15) is 16.2 Å². The second-order valence-electron chi connectivity index (χ2n) is 5.68. The van der Waals surface area contributed by atoms with Gasteiger partial charge < -0.3 is 10.2 Å². The number of hydrogen-bond donors (Lipinski definition) is 3. The molecule has 1 heterocycles. The van der Waals surface area contributed by atoms with E-state index in [2.05, 4.69) is 15.4 Å². The van der Waals surface area contributed by atoms with E-state index in [0.29, 0.717) is 21.5 Å². The van der Waals surface area contributed by atoms with Crippen LogP contribution < -0.4 is 0 Å². The summed E-state index contributed by atoms with van der Waals surface area (Å²) in [5, 5.41) is 26.9. The Bertz CT molecular complexity index is 1080. The summed E-state index contributed by atoms with van der Waals surface area (Å²) in [7, 11) is 0. The molecule has 0 amide bonds. The maximum atomic E-state index is 11.0. The standard InChI is InChI=1S/C16H11Cl2N3O2S.C2HF3O2/c17-12-6-3-10(7-13(12)18)9-1-4-11(5-2-9)24-8-14-15(16(22)23)20-21-19-14;3-2(4,5)1(6)7/h1-7H,8H2,(H,22,23)(H,19,20,21);(H,6,7). The highest BCUT2D eigenvalue weighted by molar-refractivity contribution is 7.98. The van der Waals surface area contributed by atoms with E-state index < -0.39 is 18.1 Å². The summed E-state index contributed by atoms with van der Waals surface area (Å²) in [5.41, 5.74) is 2.44. The van der Waals surface area contributed by atoms with Crippen molar-refractivity contribution in [2.45, 2.75) is 16.8 Å². The smallest absolute Gasteiger partial charge is 0.476 e. The highest BCUT2D eigenvalue weighted by Gasteiger charge is 2.38. The van der Waals surface area contributed by atoms with E-state index in [1.165, 1.54) is 11.8 Å². The minimum Gasteiger partial charge on any atom is -0.476 e. The number of thioether (sulfide) groups is 1. The van der Waals surface area contributed by atoms with Gasteiger partial charge in [0, 0.05) is 10.6 Å². The number of benzene rings is 2. The molecule has 0 saturated carbocycles. The predicted octanol–water partition coefficient (Wildman–Crippen LogP) is 5.40. The van der Waals surface area contributed by atoms with Crippen LogP contribution in [-0.2, 0) is 10.5 Å². The van der Waals surface area contributed by atoms with Gasteiger partial charge in [0.25, 0.3) is 0 Å². The second-order valence-corrected chi connectivity index (χ2v) is 7.55. The Balaban J connectivity index is 0.000000423. The molecule has 0 saturated heterocycles. The largest absolute Gasteiger partial charge is 0.490 e. The third-order valence-corrected chi connectivity index (χ3v) is 5.32. The number of H-pyrrole nitrogens is 1. The van der Waals surface area contributed by atoms with Gasteiger partial charge in [-0.2, -0.15) is 13.2 Å². The number of aromatic amines is 1. The number of rotatable bonds is 5. The van der Waals surface area contributed by atoms with E-state index in [4.69, 9.17) is 38.2 Å². The number of nitrogens with one attached hydrogen (secondary N) is 1. The molecule has 7 nitrogen and oxygen atoms in total. The molecule has 0 bridgehead atoms.